The average Bonchev–Trinajstić information content (AvgIpc) is 2.82. The molecule has 0 bridgehead atoms. The Labute approximate surface area is 155 Å². The number of ether oxygens (including phenoxy) is 2. The lowest BCUT2D eigenvalue weighted by molar-refractivity contribution is -0.116. The van der Waals surface area contributed by atoms with Gasteiger partial charge in [-0.15, -0.1) is 0 Å². The van der Waals surface area contributed by atoms with E-state index >= 15 is 0 Å². The standard InChI is InChI=1S/C19H21BrN2O3/c1-12-4-6-16(15(20)10-12)22-19(23)13(2)21-14-5-7-17-18(11-14)25-9-3-8-24-17/h4-7,10-11,13,21H,3,8-9H2,1-2H3,(H,22,23). The first-order valence-electron chi connectivity index (χ1n) is 8.26. The normalized spacial score (nSPS) is 14.4. The lowest BCUT2D eigenvalue weighted by atomic mass is 10.2. The molecule has 0 fully saturated rings. The van der Waals surface area contributed by atoms with E-state index in [-0.39, 0.29) is 5.91 Å². The topological polar surface area (TPSA) is 59.6 Å². The molecule has 25 heavy (non-hydrogen) atoms. The zero-order chi connectivity index (χ0) is 17.8. The van der Waals surface area contributed by atoms with Crippen molar-refractivity contribution in [2.24, 2.45) is 0 Å². The second-order valence-electron chi connectivity index (χ2n) is 6.05. The Morgan fingerprint density at radius 1 is 1.12 bits per heavy atom. The molecule has 1 aliphatic heterocycles. The summed E-state index contributed by atoms with van der Waals surface area (Å²) in [5.74, 6) is 1.33. The molecule has 0 saturated heterocycles. The molecule has 5 nitrogen and oxygen atoms in total. The van der Waals surface area contributed by atoms with Crippen LogP contribution in [0.1, 0.15) is 18.9 Å². The van der Waals surface area contributed by atoms with Gasteiger partial charge in [-0.3, -0.25) is 4.79 Å². The van der Waals surface area contributed by atoms with E-state index in [0.29, 0.717) is 19.0 Å². The number of benzene rings is 2. The van der Waals surface area contributed by atoms with Gasteiger partial charge >= 0.3 is 0 Å². The molecule has 1 atom stereocenters. The smallest absolute Gasteiger partial charge is 0.246 e. The largest absolute Gasteiger partial charge is 0.490 e. The molecule has 2 aromatic carbocycles. The number of halogens is 1. The van der Waals surface area contributed by atoms with E-state index in [1.54, 1.807) is 0 Å². The molecule has 6 heteroatoms. The van der Waals surface area contributed by atoms with Crippen LogP contribution in [-0.4, -0.2) is 25.2 Å². The average molecular weight is 405 g/mol. The molecule has 1 unspecified atom stereocenters. The maximum Gasteiger partial charge on any atom is 0.246 e. The summed E-state index contributed by atoms with van der Waals surface area (Å²) in [4.78, 5) is 12.4. The highest BCUT2D eigenvalue weighted by molar-refractivity contribution is 9.10. The van der Waals surface area contributed by atoms with Gasteiger partial charge in [0, 0.05) is 22.6 Å². The predicted octanol–water partition coefficient (Wildman–Crippen LogP) is 4.36. The van der Waals surface area contributed by atoms with Gasteiger partial charge in [0.2, 0.25) is 5.91 Å². The molecular weight excluding hydrogens is 384 g/mol. The fourth-order valence-electron chi connectivity index (χ4n) is 2.53. The van der Waals surface area contributed by atoms with E-state index in [1.165, 1.54) is 0 Å². The Hall–Kier alpha value is -2.21. The quantitative estimate of drug-likeness (QED) is 0.794. The molecule has 0 aliphatic carbocycles. The zero-order valence-corrected chi connectivity index (χ0v) is 15.9. The monoisotopic (exact) mass is 404 g/mol. The molecule has 1 heterocycles. The minimum absolute atomic E-state index is 0.114. The van der Waals surface area contributed by atoms with Gasteiger partial charge in [0.05, 0.1) is 18.9 Å². The first-order valence-corrected chi connectivity index (χ1v) is 9.05. The lowest BCUT2D eigenvalue weighted by Gasteiger charge is -2.17. The summed E-state index contributed by atoms with van der Waals surface area (Å²) in [5.41, 5.74) is 2.70. The predicted molar refractivity (Wildman–Crippen MR) is 103 cm³/mol. The number of amides is 1. The fraction of sp³-hybridized carbons (Fsp3) is 0.316. The summed E-state index contributed by atoms with van der Waals surface area (Å²) in [7, 11) is 0. The number of rotatable bonds is 4. The van der Waals surface area contributed by atoms with Crippen molar-refractivity contribution in [2.45, 2.75) is 26.3 Å². The summed E-state index contributed by atoms with van der Waals surface area (Å²) in [6.45, 7) is 5.11. The van der Waals surface area contributed by atoms with Crippen molar-refractivity contribution in [2.75, 3.05) is 23.8 Å². The van der Waals surface area contributed by atoms with Crippen molar-refractivity contribution in [3.63, 3.8) is 0 Å². The number of carbonyl (C=O) groups is 1. The molecule has 1 aliphatic rings. The highest BCUT2D eigenvalue weighted by atomic mass is 79.9. The van der Waals surface area contributed by atoms with Crippen molar-refractivity contribution in [3.8, 4) is 11.5 Å². The van der Waals surface area contributed by atoms with Crippen molar-refractivity contribution >= 4 is 33.2 Å². The molecule has 0 radical (unpaired) electrons. The molecule has 3 rings (SSSR count). The number of hydrogen-bond acceptors (Lipinski definition) is 4. The van der Waals surface area contributed by atoms with Crippen molar-refractivity contribution in [1.29, 1.82) is 0 Å². The van der Waals surface area contributed by atoms with Gasteiger partial charge in [-0.25, -0.2) is 0 Å². The number of aryl methyl sites for hydroxylation is 1. The summed E-state index contributed by atoms with van der Waals surface area (Å²) in [6, 6.07) is 11.0. The van der Waals surface area contributed by atoms with Gasteiger partial charge in [-0.2, -0.15) is 0 Å². The number of anilines is 2. The lowest BCUT2D eigenvalue weighted by Crippen LogP contribution is -2.32. The van der Waals surface area contributed by atoms with Crippen LogP contribution in [-0.2, 0) is 4.79 Å². The minimum atomic E-state index is -0.405. The van der Waals surface area contributed by atoms with Crippen LogP contribution in [0.5, 0.6) is 11.5 Å². The zero-order valence-electron chi connectivity index (χ0n) is 14.3. The maximum absolute atomic E-state index is 12.4. The van der Waals surface area contributed by atoms with Crippen molar-refractivity contribution in [3.05, 3.63) is 46.4 Å². The second kappa shape index (κ2) is 7.78. The second-order valence-corrected chi connectivity index (χ2v) is 6.90. The first-order chi connectivity index (χ1) is 12.0. The number of fused-ring (bicyclic) bond motifs is 1. The molecular formula is C19H21BrN2O3. The van der Waals surface area contributed by atoms with Crippen LogP contribution in [0.2, 0.25) is 0 Å². The van der Waals surface area contributed by atoms with Gasteiger partial charge in [0.15, 0.2) is 11.5 Å². The maximum atomic E-state index is 12.4. The van der Waals surface area contributed by atoms with Gasteiger partial charge in [-0.1, -0.05) is 6.07 Å². The highest BCUT2D eigenvalue weighted by Gasteiger charge is 2.16. The van der Waals surface area contributed by atoms with E-state index in [1.807, 2.05) is 50.2 Å². The summed E-state index contributed by atoms with van der Waals surface area (Å²) in [5, 5.41) is 6.13. The fourth-order valence-corrected chi connectivity index (χ4v) is 3.12. The van der Waals surface area contributed by atoms with Crippen molar-refractivity contribution < 1.29 is 14.3 Å². The van der Waals surface area contributed by atoms with Gasteiger partial charge < -0.3 is 20.1 Å². The van der Waals surface area contributed by atoms with E-state index in [0.717, 1.165) is 33.6 Å². The Morgan fingerprint density at radius 3 is 2.64 bits per heavy atom. The third kappa shape index (κ3) is 4.45. The Bertz CT molecular complexity index is 779. The Morgan fingerprint density at radius 2 is 1.88 bits per heavy atom. The summed E-state index contributed by atoms with van der Waals surface area (Å²) >= 11 is 3.47. The molecule has 0 aromatic heterocycles. The van der Waals surface area contributed by atoms with E-state index in [9.17, 15) is 4.79 Å². The van der Waals surface area contributed by atoms with Crippen LogP contribution in [0, 0.1) is 6.92 Å². The van der Waals surface area contributed by atoms with Crippen molar-refractivity contribution in [1.82, 2.24) is 0 Å². The Balaban J connectivity index is 1.66. The van der Waals surface area contributed by atoms with Gasteiger partial charge in [0.1, 0.15) is 6.04 Å². The molecule has 0 spiro atoms. The SMILES string of the molecule is Cc1ccc(NC(=O)C(C)Nc2ccc3c(c2)OCCCO3)c(Br)c1. The van der Waals surface area contributed by atoms with Crippen LogP contribution in [0.3, 0.4) is 0 Å². The van der Waals surface area contributed by atoms with E-state index in [2.05, 4.69) is 26.6 Å². The Kier molecular flexibility index (Phi) is 5.48. The number of carbonyl (C=O) groups excluding carboxylic acids is 1. The third-order valence-electron chi connectivity index (χ3n) is 3.91. The van der Waals surface area contributed by atoms with Crippen LogP contribution >= 0.6 is 15.9 Å². The minimum Gasteiger partial charge on any atom is -0.490 e. The highest BCUT2D eigenvalue weighted by Crippen LogP contribution is 2.32. The molecule has 2 aromatic rings. The molecule has 2 N–H and O–H groups in total. The van der Waals surface area contributed by atoms with Gasteiger partial charge in [-0.05, 0) is 59.6 Å². The summed E-state index contributed by atoms with van der Waals surface area (Å²) in [6.07, 6.45) is 0.863. The molecule has 132 valence electrons. The van der Waals surface area contributed by atoms with E-state index < -0.39 is 6.04 Å². The first kappa shape index (κ1) is 17.6. The molecule has 1 amide bonds. The van der Waals surface area contributed by atoms with Crippen LogP contribution in [0.4, 0.5) is 11.4 Å². The van der Waals surface area contributed by atoms with Gasteiger partial charge in [0.25, 0.3) is 0 Å². The van der Waals surface area contributed by atoms with Crippen LogP contribution in [0.15, 0.2) is 40.9 Å². The number of nitrogens with one attached hydrogen (secondary N) is 2. The summed E-state index contributed by atoms with van der Waals surface area (Å²) < 4.78 is 12.2. The molecule has 0 saturated carbocycles. The van der Waals surface area contributed by atoms with Crippen LogP contribution < -0.4 is 20.1 Å². The number of hydrogen-bond donors (Lipinski definition) is 2. The third-order valence-corrected chi connectivity index (χ3v) is 4.56. The van der Waals surface area contributed by atoms with Crippen LogP contribution in [0.25, 0.3) is 0 Å². The van der Waals surface area contributed by atoms with E-state index in [4.69, 9.17) is 9.47 Å².